The van der Waals surface area contributed by atoms with E-state index in [0.29, 0.717) is 6.42 Å². The van der Waals surface area contributed by atoms with E-state index in [1.807, 2.05) is 0 Å². The first-order valence-corrected chi connectivity index (χ1v) is 9.04. The molecule has 0 radical (unpaired) electrons. The van der Waals surface area contributed by atoms with Crippen molar-refractivity contribution >= 4 is 16.1 Å². The molecule has 0 saturated heterocycles. The Bertz CT molecular complexity index is 351. The van der Waals surface area contributed by atoms with Crippen molar-refractivity contribution in [2.75, 3.05) is 0 Å². The van der Waals surface area contributed by atoms with E-state index >= 15 is 0 Å². The van der Waals surface area contributed by atoms with Gasteiger partial charge in [0.15, 0.2) is 0 Å². The Balaban J connectivity index is 3.45. The van der Waals surface area contributed by atoms with Gasteiger partial charge in [-0.1, -0.05) is 58.3 Å². The van der Waals surface area contributed by atoms with Gasteiger partial charge in [-0.15, -0.1) is 0 Å². The quantitative estimate of drug-likeness (QED) is 0.338. The molecule has 1 unspecified atom stereocenters. The Kier molecular flexibility index (Phi) is 10.7. The molecule has 5 nitrogen and oxygen atoms in total. The second kappa shape index (κ2) is 11.1. The molecule has 20 heavy (non-hydrogen) atoms. The smallest absolute Gasteiger partial charge is 0.307 e. The summed E-state index contributed by atoms with van der Waals surface area (Å²) in [6.45, 7) is 3.34. The number of ether oxygens (including phenoxy) is 1. The Labute approximate surface area is 122 Å². The summed E-state index contributed by atoms with van der Waals surface area (Å²) < 4.78 is 34.6. The van der Waals surface area contributed by atoms with E-state index in [1.165, 1.54) is 38.5 Å². The second-order valence-corrected chi connectivity index (χ2v) is 6.84. The van der Waals surface area contributed by atoms with Gasteiger partial charge < -0.3 is 4.74 Å². The lowest BCUT2D eigenvalue weighted by Crippen LogP contribution is -2.23. The lowest BCUT2D eigenvalue weighted by molar-refractivity contribution is -0.145. The molecular formula is C14H28O5S. The highest BCUT2D eigenvalue weighted by atomic mass is 32.2. The van der Waals surface area contributed by atoms with E-state index in [1.54, 1.807) is 0 Å². The number of hydrogen-bond donors (Lipinski definition) is 1. The van der Waals surface area contributed by atoms with Crippen LogP contribution in [0.2, 0.25) is 0 Å². The van der Waals surface area contributed by atoms with Crippen LogP contribution in [0.25, 0.3) is 0 Å². The predicted molar refractivity (Wildman–Crippen MR) is 78.9 cm³/mol. The minimum absolute atomic E-state index is 0.204. The Morgan fingerprint density at radius 3 is 1.90 bits per heavy atom. The number of hydrogen-bond acceptors (Lipinski definition) is 4. The highest BCUT2D eigenvalue weighted by Crippen LogP contribution is 2.11. The Morgan fingerprint density at radius 2 is 1.45 bits per heavy atom. The molecule has 0 aromatic rings. The fraction of sp³-hybridized carbons (Fsp3) is 0.929. The standard InChI is InChI=1S/C14H28O5S/c1-3-4-5-6-7-8-9-10-11-12-14(15)19-13(2)20(16,17)18/h13H,3-12H2,1-2H3,(H,16,17,18). The van der Waals surface area contributed by atoms with Gasteiger partial charge in [0.25, 0.3) is 0 Å². The molecule has 1 N–H and O–H groups in total. The van der Waals surface area contributed by atoms with Crippen LogP contribution in [-0.2, 0) is 19.6 Å². The van der Waals surface area contributed by atoms with Gasteiger partial charge in [0.05, 0.1) is 0 Å². The van der Waals surface area contributed by atoms with Crippen molar-refractivity contribution in [2.24, 2.45) is 0 Å². The second-order valence-electron chi connectivity index (χ2n) is 5.15. The predicted octanol–water partition coefficient (Wildman–Crippen LogP) is 3.68. The molecule has 0 aliphatic rings. The van der Waals surface area contributed by atoms with E-state index in [4.69, 9.17) is 4.55 Å². The minimum Gasteiger partial charge on any atom is -0.444 e. The Hall–Kier alpha value is -0.620. The van der Waals surface area contributed by atoms with Gasteiger partial charge in [-0.25, -0.2) is 0 Å². The average molecular weight is 308 g/mol. The van der Waals surface area contributed by atoms with Gasteiger partial charge >= 0.3 is 16.1 Å². The first kappa shape index (κ1) is 19.4. The number of carbonyl (C=O) groups excluding carboxylic acids is 1. The minimum atomic E-state index is -4.29. The molecule has 0 aliphatic carbocycles. The van der Waals surface area contributed by atoms with Crippen molar-refractivity contribution in [3.8, 4) is 0 Å². The van der Waals surface area contributed by atoms with Gasteiger partial charge in [0.2, 0.25) is 5.44 Å². The molecule has 0 rings (SSSR count). The normalized spacial score (nSPS) is 13.2. The topological polar surface area (TPSA) is 80.7 Å². The molecule has 0 aromatic heterocycles. The SMILES string of the molecule is CCCCCCCCCCCC(=O)OC(C)S(=O)(=O)O. The van der Waals surface area contributed by atoms with Gasteiger partial charge in [-0.05, 0) is 13.3 Å². The average Bonchev–Trinajstić information content (AvgIpc) is 2.35. The van der Waals surface area contributed by atoms with Crippen LogP contribution in [0.15, 0.2) is 0 Å². The van der Waals surface area contributed by atoms with Crippen LogP contribution < -0.4 is 0 Å². The molecule has 0 heterocycles. The van der Waals surface area contributed by atoms with Crippen molar-refractivity contribution < 1.29 is 22.5 Å². The third kappa shape index (κ3) is 11.2. The van der Waals surface area contributed by atoms with Crippen molar-refractivity contribution in [2.45, 2.75) is 83.5 Å². The summed E-state index contributed by atoms with van der Waals surface area (Å²) in [6.07, 6.45) is 10.5. The highest BCUT2D eigenvalue weighted by molar-refractivity contribution is 7.86. The third-order valence-electron chi connectivity index (χ3n) is 3.20. The van der Waals surface area contributed by atoms with Crippen LogP contribution in [0.1, 0.15) is 78.1 Å². The maximum atomic E-state index is 11.3. The summed E-state index contributed by atoms with van der Waals surface area (Å²) in [4.78, 5) is 11.3. The number of carbonyl (C=O) groups is 1. The highest BCUT2D eigenvalue weighted by Gasteiger charge is 2.21. The van der Waals surface area contributed by atoms with E-state index in [-0.39, 0.29) is 6.42 Å². The molecule has 0 amide bonds. The molecule has 6 heteroatoms. The lowest BCUT2D eigenvalue weighted by Gasteiger charge is -2.09. The first-order chi connectivity index (χ1) is 9.38. The summed E-state index contributed by atoms with van der Waals surface area (Å²) in [5.41, 5.74) is -1.48. The maximum absolute atomic E-state index is 11.3. The van der Waals surface area contributed by atoms with Gasteiger partial charge in [0, 0.05) is 6.42 Å². The molecule has 0 fully saturated rings. The summed E-state index contributed by atoms with van der Waals surface area (Å²) in [6, 6.07) is 0. The third-order valence-corrected chi connectivity index (χ3v) is 4.14. The molecule has 0 aromatic carbocycles. The summed E-state index contributed by atoms with van der Waals surface area (Å²) in [5, 5.41) is 0. The summed E-state index contributed by atoms with van der Waals surface area (Å²) in [5.74, 6) is -0.571. The fourth-order valence-electron chi connectivity index (χ4n) is 1.88. The van der Waals surface area contributed by atoms with E-state index in [9.17, 15) is 13.2 Å². The van der Waals surface area contributed by atoms with Crippen LogP contribution in [0.5, 0.6) is 0 Å². The first-order valence-electron chi connectivity index (χ1n) is 7.53. The van der Waals surface area contributed by atoms with Crippen LogP contribution in [0.3, 0.4) is 0 Å². The van der Waals surface area contributed by atoms with Crippen LogP contribution in [0, 0.1) is 0 Å². The summed E-state index contributed by atoms with van der Waals surface area (Å²) >= 11 is 0. The van der Waals surface area contributed by atoms with Crippen molar-refractivity contribution in [3.63, 3.8) is 0 Å². The number of rotatable bonds is 12. The maximum Gasteiger partial charge on any atom is 0.307 e. The van der Waals surface area contributed by atoms with Crippen LogP contribution in [-0.4, -0.2) is 24.4 Å². The zero-order valence-corrected chi connectivity index (χ0v) is 13.5. The van der Waals surface area contributed by atoms with Crippen molar-refractivity contribution in [3.05, 3.63) is 0 Å². The van der Waals surface area contributed by atoms with E-state index < -0.39 is 21.5 Å². The monoisotopic (exact) mass is 308 g/mol. The van der Waals surface area contributed by atoms with Crippen LogP contribution >= 0.6 is 0 Å². The molecule has 0 aliphatic heterocycles. The number of unbranched alkanes of at least 4 members (excludes halogenated alkanes) is 8. The van der Waals surface area contributed by atoms with Gasteiger partial charge in [-0.2, -0.15) is 8.42 Å². The fourth-order valence-corrected chi connectivity index (χ4v) is 2.11. The number of esters is 1. The lowest BCUT2D eigenvalue weighted by atomic mass is 10.1. The van der Waals surface area contributed by atoms with Crippen LogP contribution in [0.4, 0.5) is 0 Å². The van der Waals surface area contributed by atoms with Gasteiger partial charge in [-0.3, -0.25) is 9.35 Å². The molecule has 1 atom stereocenters. The van der Waals surface area contributed by atoms with Crippen molar-refractivity contribution in [1.29, 1.82) is 0 Å². The Morgan fingerprint density at radius 1 is 1.00 bits per heavy atom. The van der Waals surface area contributed by atoms with E-state index in [0.717, 1.165) is 19.8 Å². The summed E-state index contributed by atoms with van der Waals surface area (Å²) in [7, 11) is -4.29. The largest absolute Gasteiger partial charge is 0.444 e. The van der Waals surface area contributed by atoms with E-state index in [2.05, 4.69) is 11.7 Å². The molecule has 0 spiro atoms. The molecular weight excluding hydrogens is 280 g/mol. The molecule has 120 valence electrons. The zero-order chi connectivity index (χ0) is 15.4. The molecule has 0 bridgehead atoms. The zero-order valence-electron chi connectivity index (χ0n) is 12.6. The van der Waals surface area contributed by atoms with Gasteiger partial charge in [0.1, 0.15) is 0 Å². The molecule has 0 saturated carbocycles. The van der Waals surface area contributed by atoms with Crippen molar-refractivity contribution in [1.82, 2.24) is 0 Å².